The first-order valence-corrected chi connectivity index (χ1v) is 10.8. The van der Waals surface area contributed by atoms with Crippen LogP contribution in [0.5, 0.6) is 0 Å². The highest BCUT2D eigenvalue weighted by Gasteiger charge is 2.27. The number of hydrogen-bond donors (Lipinski definition) is 2. The van der Waals surface area contributed by atoms with Gasteiger partial charge in [-0.15, -0.1) is 11.3 Å². The zero-order chi connectivity index (χ0) is 18.5. The van der Waals surface area contributed by atoms with E-state index in [4.69, 9.17) is 0 Å². The summed E-state index contributed by atoms with van der Waals surface area (Å²) in [6.07, 6.45) is 2.57. The van der Waals surface area contributed by atoms with Crippen LogP contribution in [0.1, 0.15) is 30.2 Å². The molecule has 1 aliphatic rings. The smallest absolute Gasteiger partial charge is 0.260 e. The standard InChI is InChI=1S/C18H19N3O3S2/c1-3-14-10(2)25-18-15(14)17(22)19-16(20-18)11-4-8-13(9-5-11)26(23,24)21-12-6-7-12/h4-5,8-9,12,21H,3,6-7H2,1-2H3,(H,19,20,22). The van der Waals surface area contributed by atoms with Crippen LogP contribution in [0.4, 0.5) is 0 Å². The third-order valence-corrected chi connectivity index (χ3v) is 7.13. The molecule has 0 amide bonds. The molecule has 3 aromatic rings. The number of sulfonamides is 1. The van der Waals surface area contributed by atoms with Crippen LogP contribution in [0, 0.1) is 6.92 Å². The number of nitrogens with zero attached hydrogens (tertiary/aromatic N) is 1. The van der Waals surface area contributed by atoms with Crippen molar-refractivity contribution in [3.63, 3.8) is 0 Å². The number of aromatic nitrogens is 2. The molecule has 6 nitrogen and oxygen atoms in total. The van der Waals surface area contributed by atoms with Gasteiger partial charge >= 0.3 is 0 Å². The number of aromatic amines is 1. The lowest BCUT2D eigenvalue weighted by atomic mass is 10.1. The molecule has 2 N–H and O–H groups in total. The maximum absolute atomic E-state index is 12.5. The number of fused-ring (bicyclic) bond motifs is 1. The maximum Gasteiger partial charge on any atom is 0.260 e. The van der Waals surface area contributed by atoms with Crippen LogP contribution in [-0.4, -0.2) is 24.4 Å². The molecule has 1 saturated carbocycles. The van der Waals surface area contributed by atoms with Gasteiger partial charge in [0.2, 0.25) is 10.0 Å². The number of benzene rings is 1. The molecule has 0 radical (unpaired) electrons. The first kappa shape index (κ1) is 17.4. The highest BCUT2D eigenvalue weighted by Crippen LogP contribution is 2.29. The molecule has 4 rings (SSSR count). The van der Waals surface area contributed by atoms with Crippen molar-refractivity contribution in [1.82, 2.24) is 14.7 Å². The van der Waals surface area contributed by atoms with Gasteiger partial charge in [-0.05, 0) is 56.0 Å². The Labute approximate surface area is 155 Å². The van der Waals surface area contributed by atoms with Crippen molar-refractivity contribution in [1.29, 1.82) is 0 Å². The zero-order valence-corrected chi connectivity index (χ0v) is 16.1. The molecule has 0 atom stereocenters. The van der Waals surface area contributed by atoms with E-state index in [9.17, 15) is 13.2 Å². The molecule has 2 heterocycles. The van der Waals surface area contributed by atoms with E-state index in [1.165, 1.54) is 11.3 Å². The van der Waals surface area contributed by atoms with E-state index < -0.39 is 10.0 Å². The number of nitrogens with one attached hydrogen (secondary N) is 2. The van der Waals surface area contributed by atoms with Crippen LogP contribution in [0.25, 0.3) is 21.6 Å². The van der Waals surface area contributed by atoms with Crippen molar-refractivity contribution in [2.45, 2.75) is 44.0 Å². The van der Waals surface area contributed by atoms with E-state index in [0.29, 0.717) is 21.6 Å². The van der Waals surface area contributed by atoms with E-state index >= 15 is 0 Å². The molecule has 0 unspecified atom stereocenters. The topological polar surface area (TPSA) is 91.9 Å². The molecule has 26 heavy (non-hydrogen) atoms. The molecule has 8 heteroatoms. The van der Waals surface area contributed by atoms with Crippen molar-refractivity contribution in [3.8, 4) is 11.4 Å². The summed E-state index contributed by atoms with van der Waals surface area (Å²) < 4.78 is 27.2. The molecule has 1 aromatic carbocycles. The summed E-state index contributed by atoms with van der Waals surface area (Å²) >= 11 is 1.51. The highest BCUT2D eigenvalue weighted by atomic mass is 32.2. The fourth-order valence-electron chi connectivity index (χ4n) is 3.02. The molecule has 1 aliphatic carbocycles. The van der Waals surface area contributed by atoms with Crippen LogP contribution < -0.4 is 10.3 Å². The number of rotatable bonds is 5. The fraction of sp³-hybridized carbons (Fsp3) is 0.333. The third-order valence-electron chi connectivity index (χ3n) is 4.55. The van der Waals surface area contributed by atoms with Gasteiger partial charge in [-0.25, -0.2) is 18.1 Å². The number of thiophene rings is 1. The summed E-state index contributed by atoms with van der Waals surface area (Å²) in [7, 11) is -3.48. The van der Waals surface area contributed by atoms with Crippen LogP contribution in [0.3, 0.4) is 0 Å². The minimum absolute atomic E-state index is 0.0648. The van der Waals surface area contributed by atoms with Crippen LogP contribution in [-0.2, 0) is 16.4 Å². The normalized spacial score (nSPS) is 14.8. The van der Waals surface area contributed by atoms with E-state index in [-0.39, 0.29) is 16.5 Å². The van der Waals surface area contributed by atoms with Gasteiger partial charge < -0.3 is 4.98 Å². The Balaban J connectivity index is 1.72. The first-order chi connectivity index (χ1) is 12.4. The third kappa shape index (κ3) is 3.08. The molecule has 2 aromatic heterocycles. The van der Waals surface area contributed by atoms with Crippen molar-refractivity contribution in [2.75, 3.05) is 0 Å². The van der Waals surface area contributed by atoms with E-state index in [1.54, 1.807) is 24.3 Å². The Hall–Kier alpha value is -2.03. The molecule has 1 fully saturated rings. The second-order valence-electron chi connectivity index (χ2n) is 6.50. The predicted molar refractivity (Wildman–Crippen MR) is 103 cm³/mol. The van der Waals surface area contributed by atoms with Crippen LogP contribution in [0.2, 0.25) is 0 Å². The first-order valence-electron chi connectivity index (χ1n) is 8.54. The number of aryl methyl sites for hydroxylation is 2. The van der Waals surface area contributed by atoms with Gasteiger partial charge in [-0.1, -0.05) is 6.92 Å². The maximum atomic E-state index is 12.5. The summed E-state index contributed by atoms with van der Waals surface area (Å²) in [6, 6.07) is 6.50. The van der Waals surface area contributed by atoms with Crippen molar-refractivity contribution in [2.24, 2.45) is 0 Å². The molecule has 0 bridgehead atoms. The van der Waals surface area contributed by atoms with E-state index in [1.807, 2.05) is 13.8 Å². The van der Waals surface area contributed by atoms with Gasteiger partial charge in [0.05, 0.1) is 10.3 Å². The van der Waals surface area contributed by atoms with Crippen LogP contribution >= 0.6 is 11.3 Å². The second kappa shape index (κ2) is 6.29. The van der Waals surface area contributed by atoms with Crippen molar-refractivity contribution in [3.05, 3.63) is 45.1 Å². The molecule has 0 spiro atoms. The van der Waals surface area contributed by atoms with Gasteiger partial charge in [0, 0.05) is 16.5 Å². The van der Waals surface area contributed by atoms with Crippen LogP contribution in [0.15, 0.2) is 34.0 Å². The summed E-state index contributed by atoms with van der Waals surface area (Å²) in [5.74, 6) is 0.450. The zero-order valence-electron chi connectivity index (χ0n) is 14.5. The molecular formula is C18H19N3O3S2. The number of hydrogen-bond acceptors (Lipinski definition) is 5. The number of H-pyrrole nitrogens is 1. The SMILES string of the molecule is CCc1c(C)sc2nc(-c3ccc(S(=O)(=O)NC4CC4)cc3)[nH]c(=O)c12. The summed E-state index contributed by atoms with van der Waals surface area (Å²) in [6.45, 7) is 4.02. The Kier molecular flexibility index (Phi) is 4.21. The Morgan fingerprint density at radius 1 is 1.27 bits per heavy atom. The minimum Gasteiger partial charge on any atom is -0.306 e. The summed E-state index contributed by atoms with van der Waals surface area (Å²) in [5.41, 5.74) is 1.56. The van der Waals surface area contributed by atoms with Gasteiger partial charge in [0.15, 0.2) is 0 Å². The summed E-state index contributed by atoms with van der Waals surface area (Å²) in [5, 5.41) is 0.659. The predicted octanol–water partition coefficient (Wildman–Crippen LogP) is 2.96. The van der Waals surface area contributed by atoms with Gasteiger partial charge in [0.1, 0.15) is 10.7 Å². The average Bonchev–Trinajstić information content (AvgIpc) is 3.34. The quantitative estimate of drug-likeness (QED) is 0.702. The Bertz CT molecular complexity index is 1140. The molecule has 136 valence electrons. The summed E-state index contributed by atoms with van der Waals surface area (Å²) in [4.78, 5) is 22.0. The molecular weight excluding hydrogens is 370 g/mol. The van der Waals surface area contributed by atoms with Crippen molar-refractivity contribution < 1.29 is 8.42 Å². The minimum atomic E-state index is -3.48. The van der Waals surface area contributed by atoms with E-state index in [0.717, 1.165) is 29.7 Å². The lowest BCUT2D eigenvalue weighted by Crippen LogP contribution is -2.25. The fourth-order valence-corrected chi connectivity index (χ4v) is 5.44. The Morgan fingerprint density at radius 2 is 1.96 bits per heavy atom. The molecule has 0 saturated heterocycles. The average molecular weight is 390 g/mol. The van der Waals surface area contributed by atoms with Gasteiger partial charge in [-0.2, -0.15) is 0 Å². The highest BCUT2D eigenvalue weighted by molar-refractivity contribution is 7.89. The largest absolute Gasteiger partial charge is 0.306 e. The van der Waals surface area contributed by atoms with Gasteiger partial charge in [-0.3, -0.25) is 4.79 Å². The monoisotopic (exact) mass is 389 g/mol. The lowest BCUT2D eigenvalue weighted by Gasteiger charge is -2.06. The van der Waals surface area contributed by atoms with E-state index in [2.05, 4.69) is 14.7 Å². The second-order valence-corrected chi connectivity index (χ2v) is 9.42. The molecule has 0 aliphatic heterocycles. The van der Waals surface area contributed by atoms with Crippen molar-refractivity contribution >= 4 is 31.6 Å². The lowest BCUT2D eigenvalue weighted by molar-refractivity contribution is 0.581. The Morgan fingerprint density at radius 3 is 2.58 bits per heavy atom. The van der Waals surface area contributed by atoms with Gasteiger partial charge in [0.25, 0.3) is 5.56 Å².